The average molecular weight is 471 g/mol. The molecule has 35 heavy (non-hydrogen) atoms. The summed E-state index contributed by atoms with van der Waals surface area (Å²) in [5.41, 5.74) is 5.77. The van der Waals surface area contributed by atoms with Gasteiger partial charge in [0.25, 0.3) is 0 Å². The van der Waals surface area contributed by atoms with E-state index in [1.165, 1.54) is 28.9 Å². The van der Waals surface area contributed by atoms with E-state index in [4.69, 9.17) is 4.52 Å². The normalized spacial score (nSPS) is 12.5. The lowest BCUT2D eigenvalue weighted by Crippen LogP contribution is -2.22. The Balaban J connectivity index is 1.04. The molecule has 3 aromatic carbocycles. The second-order valence-electron chi connectivity index (χ2n) is 8.77. The molecular weight excluding hydrogens is 443 g/mol. The van der Waals surface area contributed by atoms with Gasteiger partial charge in [-0.15, -0.1) is 0 Å². The minimum Gasteiger partial charge on any atom is -0.367 e. The van der Waals surface area contributed by atoms with Gasteiger partial charge >= 0.3 is 0 Å². The average Bonchev–Trinajstić information content (AvgIpc) is 3.52. The van der Waals surface area contributed by atoms with Crippen LogP contribution >= 0.6 is 0 Å². The lowest BCUT2D eigenvalue weighted by atomic mass is 10.1. The molecule has 0 aliphatic carbocycles. The maximum atomic E-state index is 13.1. The van der Waals surface area contributed by atoms with Gasteiger partial charge in [-0.3, -0.25) is 4.79 Å². The molecule has 1 aromatic heterocycles. The van der Waals surface area contributed by atoms with Gasteiger partial charge in [0.1, 0.15) is 5.82 Å². The van der Waals surface area contributed by atoms with E-state index in [-0.39, 0.29) is 11.7 Å². The topological polar surface area (TPSA) is 71.3 Å². The molecule has 7 heteroatoms. The first-order valence-electron chi connectivity index (χ1n) is 11.9. The van der Waals surface area contributed by atoms with Crippen molar-refractivity contribution in [2.75, 3.05) is 11.4 Å². The third-order valence-corrected chi connectivity index (χ3v) is 6.23. The Morgan fingerprint density at radius 2 is 1.77 bits per heavy atom. The Morgan fingerprint density at radius 1 is 1.00 bits per heavy atom. The van der Waals surface area contributed by atoms with E-state index in [1.807, 2.05) is 0 Å². The lowest BCUT2D eigenvalue weighted by Gasteiger charge is -2.19. The van der Waals surface area contributed by atoms with E-state index in [0.29, 0.717) is 43.1 Å². The molecule has 5 rings (SSSR count). The van der Waals surface area contributed by atoms with E-state index in [2.05, 4.69) is 68.9 Å². The number of nitrogens with zero attached hydrogens (tertiary/aromatic N) is 3. The van der Waals surface area contributed by atoms with Crippen molar-refractivity contribution in [3.05, 3.63) is 101 Å². The molecule has 2 heterocycles. The number of carbonyl (C=O) groups is 1. The number of benzene rings is 3. The first-order valence-corrected chi connectivity index (χ1v) is 11.9. The summed E-state index contributed by atoms with van der Waals surface area (Å²) in [6.45, 7) is 2.44. The molecule has 0 atom stereocenters. The number of hydrogen-bond acceptors (Lipinski definition) is 5. The molecule has 1 N–H and O–H groups in total. The molecule has 6 nitrogen and oxygen atoms in total. The van der Waals surface area contributed by atoms with Crippen molar-refractivity contribution in [3.8, 4) is 11.4 Å². The highest BCUT2D eigenvalue weighted by molar-refractivity contribution is 5.75. The molecule has 0 saturated heterocycles. The van der Waals surface area contributed by atoms with Gasteiger partial charge in [0.15, 0.2) is 0 Å². The molecule has 178 valence electrons. The fourth-order valence-corrected chi connectivity index (χ4v) is 4.32. The van der Waals surface area contributed by atoms with Crippen molar-refractivity contribution >= 4 is 11.6 Å². The number of nitrogens with one attached hydrogen (secondary N) is 1. The second kappa shape index (κ2) is 10.5. The predicted molar refractivity (Wildman–Crippen MR) is 132 cm³/mol. The summed E-state index contributed by atoms with van der Waals surface area (Å²) in [6, 6.07) is 22.9. The Morgan fingerprint density at radius 3 is 2.60 bits per heavy atom. The van der Waals surface area contributed by atoms with Gasteiger partial charge in [0.2, 0.25) is 17.6 Å². The Hall–Kier alpha value is -4.00. The smallest absolute Gasteiger partial charge is 0.226 e. The van der Waals surface area contributed by atoms with Crippen molar-refractivity contribution in [2.45, 2.75) is 38.8 Å². The summed E-state index contributed by atoms with van der Waals surface area (Å²) in [5.74, 6) is 0.559. The van der Waals surface area contributed by atoms with Crippen molar-refractivity contribution in [3.63, 3.8) is 0 Å². The molecule has 0 saturated carbocycles. The minimum atomic E-state index is -0.312. The number of para-hydroxylation sites is 1. The number of aromatic nitrogens is 2. The number of halogens is 1. The fraction of sp³-hybridized carbons (Fsp3) is 0.250. The molecular formula is C28H27FN4O2. The van der Waals surface area contributed by atoms with Crippen LogP contribution in [0.2, 0.25) is 0 Å². The van der Waals surface area contributed by atoms with Crippen LogP contribution in [0.3, 0.4) is 0 Å². The Kier molecular flexibility index (Phi) is 6.84. The number of amides is 1. The fourth-order valence-electron chi connectivity index (χ4n) is 4.32. The third kappa shape index (κ3) is 5.74. The zero-order chi connectivity index (χ0) is 24.0. The van der Waals surface area contributed by atoms with E-state index in [0.717, 1.165) is 25.1 Å². The largest absolute Gasteiger partial charge is 0.367 e. The molecule has 1 amide bonds. The summed E-state index contributed by atoms with van der Waals surface area (Å²) in [6.07, 6.45) is 2.59. The van der Waals surface area contributed by atoms with E-state index in [1.54, 1.807) is 12.1 Å². The number of rotatable bonds is 9. The van der Waals surface area contributed by atoms with Crippen LogP contribution in [0.25, 0.3) is 11.4 Å². The number of aryl methyl sites for hydroxylation is 1. The molecule has 0 bridgehead atoms. The lowest BCUT2D eigenvalue weighted by molar-refractivity contribution is -0.121. The van der Waals surface area contributed by atoms with Crippen LogP contribution in [0.5, 0.6) is 0 Å². The van der Waals surface area contributed by atoms with Gasteiger partial charge in [-0.25, -0.2) is 4.39 Å². The maximum absolute atomic E-state index is 13.1. The van der Waals surface area contributed by atoms with Crippen molar-refractivity contribution in [1.82, 2.24) is 15.5 Å². The van der Waals surface area contributed by atoms with Crippen LogP contribution in [0.4, 0.5) is 10.1 Å². The van der Waals surface area contributed by atoms with Crippen molar-refractivity contribution in [1.29, 1.82) is 0 Å². The number of fused-ring (bicyclic) bond motifs is 1. The summed E-state index contributed by atoms with van der Waals surface area (Å²) >= 11 is 0. The van der Waals surface area contributed by atoms with Gasteiger partial charge in [-0.1, -0.05) is 47.6 Å². The Labute approximate surface area is 203 Å². The second-order valence-corrected chi connectivity index (χ2v) is 8.77. The van der Waals surface area contributed by atoms with Gasteiger partial charge < -0.3 is 14.7 Å². The zero-order valence-corrected chi connectivity index (χ0v) is 19.4. The van der Waals surface area contributed by atoms with E-state index in [9.17, 15) is 9.18 Å². The van der Waals surface area contributed by atoms with Crippen LogP contribution in [0.15, 0.2) is 77.3 Å². The highest BCUT2D eigenvalue weighted by Crippen LogP contribution is 2.28. The Bertz CT molecular complexity index is 1290. The summed E-state index contributed by atoms with van der Waals surface area (Å²) in [4.78, 5) is 19.0. The summed E-state index contributed by atoms with van der Waals surface area (Å²) in [7, 11) is 0. The number of anilines is 1. The minimum absolute atomic E-state index is 0.0129. The van der Waals surface area contributed by atoms with Crippen LogP contribution in [0.1, 0.15) is 35.4 Å². The van der Waals surface area contributed by atoms with E-state index < -0.39 is 0 Å². The monoisotopic (exact) mass is 470 g/mol. The molecule has 4 aromatic rings. The number of carbonyl (C=O) groups excluding carboxylic acids is 1. The van der Waals surface area contributed by atoms with E-state index >= 15 is 0 Å². The van der Waals surface area contributed by atoms with Gasteiger partial charge in [-0.05, 0) is 59.9 Å². The first kappa shape index (κ1) is 22.8. The van der Waals surface area contributed by atoms with Crippen molar-refractivity contribution < 1.29 is 13.7 Å². The van der Waals surface area contributed by atoms with Crippen molar-refractivity contribution in [2.24, 2.45) is 0 Å². The SMILES string of the molecule is O=C(CCCc1nc(-c2ccc(F)cc2)no1)NCc1ccc(CN2CCc3ccccc32)cc1. The quantitative estimate of drug-likeness (QED) is 0.370. The zero-order valence-electron chi connectivity index (χ0n) is 19.4. The first-order chi connectivity index (χ1) is 17.1. The van der Waals surface area contributed by atoms with Crippen LogP contribution in [-0.2, 0) is 30.7 Å². The van der Waals surface area contributed by atoms with Crippen LogP contribution < -0.4 is 10.2 Å². The van der Waals surface area contributed by atoms with Gasteiger partial charge in [-0.2, -0.15) is 4.98 Å². The van der Waals surface area contributed by atoms with Crippen LogP contribution in [0, 0.1) is 5.82 Å². The predicted octanol–water partition coefficient (Wildman–Crippen LogP) is 5.08. The maximum Gasteiger partial charge on any atom is 0.226 e. The molecule has 0 spiro atoms. The molecule has 1 aliphatic rings. The molecule has 0 fully saturated rings. The third-order valence-electron chi connectivity index (χ3n) is 6.23. The molecule has 1 aliphatic heterocycles. The molecule has 0 radical (unpaired) electrons. The summed E-state index contributed by atoms with van der Waals surface area (Å²) < 4.78 is 18.3. The number of hydrogen-bond donors (Lipinski definition) is 1. The highest BCUT2D eigenvalue weighted by Gasteiger charge is 2.18. The molecule has 0 unspecified atom stereocenters. The van der Waals surface area contributed by atoms with Gasteiger partial charge in [0, 0.05) is 43.7 Å². The van der Waals surface area contributed by atoms with Gasteiger partial charge in [0.05, 0.1) is 0 Å². The standard InChI is InChI=1S/C28H27FN4O2/c29-24-14-12-23(13-15-24)28-31-27(35-32-28)7-3-6-26(34)30-18-20-8-10-21(11-9-20)19-33-17-16-22-4-1-2-5-25(22)33/h1-2,4-5,8-15H,3,6-7,16-19H2,(H,30,34). The summed E-state index contributed by atoms with van der Waals surface area (Å²) in [5, 5.41) is 6.90. The highest BCUT2D eigenvalue weighted by atomic mass is 19.1. The van der Waals surface area contributed by atoms with Crippen LogP contribution in [-0.4, -0.2) is 22.6 Å².